The summed E-state index contributed by atoms with van der Waals surface area (Å²) in [6.07, 6.45) is 0. The molecule has 1 aromatic heterocycles. The summed E-state index contributed by atoms with van der Waals surface area (Å²) in [6.45, 7) is 11.5. The molecular formula is C16H23N3. The van der Waals surface area contributed by atoms with Crippen LogP contribution in [0.5, 0.6) is 0 Å². The number of aromatic nitrogens is 2. The first-order chi connectivity index (χ1) is 8.90. The molecule has 2 rings (SSSR count). The zero-order valence-corrected chi connectivity index (χ0v) is 12.8. The van der Waals surface area contributed by atoms with Crippen LogP contribution in [0.3, 0.4) is 0 Å². The smallest absolute Gasteiger partial charge is 0.0847 e. The van der Waals surface area contributed by atoms with Gasteiger partial charge in [0.2, 0.25) is 0 Å². The van der Waals surface area contributed by atoms with Crippen LogP contribution in [-0.2, 0) is 13.6 Å². The van der Waals surface area contributed by atoms with E-state index in [1.807, 2.05) is 11.7 Å². The van der Waals surface area contributed by atoms with E-state index in [4.69, 9.17) is 0 Å². The van der Waals surface area contributed by atoms with Crippen LogP contribution in [-0.4, -0.2) is 9.78 Å². The molecule has 2 aromatic rings. The van der Waals surface area contributed by atoms with Gasteiger partial charge < -0.3 is 5.32 Å². The average Bonchev–Trinajstić information content (AvgIpc) is 2.55. The van der Waals surface area contributed by atoms with Gasteiger partial charge in [0, 0.05) is 18.4 Å². The summed E-state index contributed by atoms with van der Waals surface area (Å²) in [4.78, 5) is 0. The van der Waals surface area contributed by atoms with E-state index in [0.717, 1.165) is 12.2 Å². The SMILES string of the molecule is Cc1cc(C)c(NCc2nn(C)c(C)c2C)c(C)c1. The maximum atomic E-state index is 4.56. The summed E-state index contributed by atoms with van der Waals surface area (Å²) in [6, 6.07) is 4.43. The molecule has 0 fully saturated rings. The number of hydrogen-bond acceptors (Lipinski definition) is 2. The molecule has 0 aliphatic heterocycles. The molecule has 0 amide bonds. The predicted octanol–water partition coefficient (Wildman–Crippen LogP) is 3.57. The van der Waals surface area contributed by atoms with Gasteiger partial charge in [0.05, 0.1) is 12.2 Å². The Morgan fingerprint density at radius 1 is 1.05 bits per heavy atom. The molecule has 19 heavy (non-hydrogen) atoms. The molecule has 0 saturated heterocycles. The van der Waals surface area contributed by atoms with E-state index >= 15 is 0 Å². The van der Waals surface area contributed by atoms with Crippen molar-refractivity contribution in [3.05, 3.63) is 45.8 Å². The van der Waals surface area contributed by atoms with Gasteiger partial charge in [0.15, 0.2) is 0 Å². The highest BCUT2D eigenvalue weighted by Crippen LogP contribution is 2.23. The normalized spacial score (nSPS) is 10.8. The third kappa shape index (κ3) is 2.65. The largest absolute Gasteiger partial charge is 0.379 e. The van der Waals surface area contributed by atoms with E-state index in [0.29, 0.717) is 0 Å². The molecule has 0 radical (unpaired) electrons. The summed E-state index contributed by atoms with van der Waals surface area (Å²) < 4.78 is 1.95. The molecule has 3 heteroatoms. The molecule has 1 heterocycles. The quantitative estimate of drug-likeness (QED) is 0.911. The fourth-order valence-corrected chi connectivity index (χ4v) is 2.58. The zero-order chi connectivity index (χ0) is 14.2. The van der Waals surface area contributed by atoms with Crippen molar-refractivity contribution >= 4 is 5.69 Å². The number of rotatable bonds is 3. The second-order valence-corrected chi connectivity index (χ2v) is 5.41. The van der Waals surface area contributed by atoms with Gasteiger partial charge in [-0.1, -0.05) is 17.7 Å². The molecule has 0 aliphatic rings. The first-order valence-electron chi connectivity index (χ1n) is 6.71. The van der Waals surface area contributed by atoms with Crippen LogP contribution in [0.1, 0.15) is 33.6 Å². The van der Waals surface area contributed by atoms with Gasteiger partial charge in [-0.15, -0.1) is 0 Å². The minimum atomic E-state index is 0.776. The number of anilines is 1. The van der Waals surface area contributed by atoms with Crippen molar-refractivity contribution in [2.45, 2.75) is 41.2 Å². The fourth-order valence-electron chi connectivity index (χ4n) is 2.58. The van der Waals surface area contributed by atoms with Gasteiger partial charge in [0.25, 0.3) is 0 Å². The first kappa shape index (κ1) is 13.7. The lowest BCUT2D eigenvalue weighted by atomic mass is 10.0. The van der Waals surface area contributed by atoms with Crippen molar-refractivity contribution in [1.82, 2.24) is 9.78 Å². The van der Waals surface area contributed by atoms with Crippen molar-refractivity contribution in [2.75, 3.05) is 5.32 Å². The number of aryl methyl sites for hydroxylation is 4. The Bertz CT molecular complexity index is 586. The Balaban J connectivity index is 2.21. The lowest BCUT2D eigenvalue weighted by Gasteiger charge is -2.13. The number of nitrogens with one attached hydrogen (secondary N) is 1. The molecule has 0 saturated carbocycles. The number of benzene rings is 1. The number of hydrogen-bond donors (Lipinski definition) is 1. The molecule has 0 atom stereocenters. The minimum absolute atomic E-state index is 0.776. The molecule has 102 valence electrons. The van der Waals surface area contributed by atoms with Crippen LogP contribution >= 0.6 is 0 Å². The van der Waals surface area contributed by atoms with Crippen LogP contribution in [0.25, 0.3) is 0 Å². The first-order valence-corrected chi connectivity index (χ1v) is 6.71. The highest BCUT2D eigenvalue weighted by Gasteiger charge is 2.09. The molecular weight excluding hydrogens is 234 g/mol. The van der Waals surface area contributed by atoms with E-state index in [1.165, 1.54) is 33.6 Å². The summed E-state index contributed by atoms with van der Waals surface area (Å²) in [5.41, 5.74) is 8.76. The second kappa shape index (κ2) is 5.08. The van der Waals surface area contributed by atoms with E-state index in [2.05, 4.69) is 57.2 Å². The van der Waals surface area contributed by atoms with Gasteiger partial charge >= 0.3 is 0 Å². The molecule has 0 aliphatic carbocycles. The van der Waals surface area contributed by atoms with E-state index in [9.17, 15) is 0 Å². The molecule has 1 aromatic carbocycles. The van der Waals surface area contributed by atoms with Crippen LogP contribution in [0, 0.1) is 34.6 Å². The van der Waals surface area contributed by atoms with Gasteiger partial charge in [-0.05, 0) is 51.3 Å². The standard InChI is InChI=1S/C16H23N3/c1-10-7-11(2)16(12(3)8-10)17-9-15-13(4)14(5)19(6)18-15/h7-8,17H,9H2,1-6H3. The summed E-state index contributed by atoms with van der Waals surface area (Å²) in [5.74, 6) is 0. The van der Waals surface area contributed by atoms with Crippen LogP contribution in [0.2, 0.25) is 0 Å². The monoisotopic (exact) mass is 257 g/mol. The topological polar surface area (TPSA) is 29.9 Å². The van der Waals surface area contributed by atoms with E-state index in [1.54, 1.807) is 0 Å². The number of nitrogens with zero attached hydrogens (tertiary/aromatic N) is 2. The van der Waals surface area contributed by atoms with Crippen molar-refractivity contribution in [2.24, 2.45) is 7.05 Å². The lowest BCUT2D eigenvalue weighted by Crippen LogP contribution is -2.05. The summed E-state index contributed by atoms with van der Waals surface area (Å²) in [5, 5.41) is 8.09. The van der Waals surface area contributed by atoms with Crippen molar-refractivity contribution in [1.29, 1.82) is 0 Å². The Hall–Kier alpha value is -1.77. The van der Waals surface area contributed by atoms with Gasteiger partial charge in [-0.25, -0.2) is 0 Å². The summed E-state index contributed by atoms with van der Waals surface area (Å²) >= 11 is 0. The van der Waals surface area contributed by atoms with E-state index < -0.39 is 0 Å². The zero-order valence-electron chi connectivity index (χ0n) is 12.8. The molecule has 0 unspecified atom stereocenters. The molecule has 0 spiro atoms. The second-order valence-electron chi connectivity index (χ2n) is 5.41. The van der Waals surface area contributed by atoms with Gasteiger partial charge in [0.1, 0.15) is 0 Å². The molecule has 1 N–H and O–H groups in total. The van der Waals surface area contributed by atoms with Gasteiger partial charge in [-0.2, -0.15) is 5.10 Å². The van der Waals surface area contributed by atoms with E-state index in [-0.39, 0.29) is 0 Å². The predicted molar refractivity (Wildman–Crippen MR) is 80.7 cm³/mol. The molecule has 3 nitrogen and oxygen atoms in total. The Morgan fingerprint density at radius 3 is 2.11 bits per heavy atom. The maximum absolute atomic E-state index is 4.56. The Morgan fingerprint density at radius 2 is 1.63 bits per heavy atom. The van der Waals surface area contributed by atoms with Crippen molar-refractivity contribution in [3.63, 3.8) is 0 Å². The van der Waals surface area contributed by atoms with Gasteiger partial charge in [-0.3, -0.25) is 4.68 Å². The fraction of sp³-hybridized carbons (Fsp3) is 0.438. The minimum Gasteiger partial charge on any atom is -0.379 e. The lowest BCUT2D eigenvalue weighted by molar-refractivity contribution is 0.724. The average molecular weight is 257 g/mol. The van der Waals surface area contributed by atoms with Crippen molar-refractivity contribution in [3.8, 4) is 0 Å². The molecule has 0 bridgehead atoms. The van der Waals surface area contributed by atoms with Crippen molar-refractivity contribution < 1.29 is 0 Å². The highest BCUT2D eigenvalue weighted by atomic mass is 15.3. The third-order valence-electron chi connectivity index (χ3n) is 3.84. The Kier molecular flexibility index (Phi) is 3.65. The maximum Gasteiger partial charge on any atom is 0.0847 e. The summed E-state index contributed by atoms with van der Waals surface area (Å²) in [7, 11) is 1.99. The third-order valence-corrected chi connectivity index (χ3v) is 3.84. The highest BCUT2D eigenvalue weighted by molar-refractivity contribution is 5.58. The Labute approximate surface area is 115 Å². The van der Waals surface area contributed by atoms with Crippen LogP contribution in [0.15, 0.2) is 12.1 Å². The van der Waals surface area contributed by atoms with Crippen LogP contribution in [0.4, 0.5) is 5.69 Å². The van der Waals surface area contributed by atoms with Crippen LogP contribution < -0.4 is 5.32 Å².